The molecule has 1 aromatic carbocycles. The van der Waals surface area contributed by atoms with E-state index in [0.29, 0.717) is 18.5 Å². The second-order valence-electron chi connectivity index (χ2n) is 9.71. The fourth-order valence-corrected chi connectivity index (χ4v) is 4.59. The molecule has 4 unspecified atom stereocenters. The fourth-order valence-electron chi connectivity index (χ4n) is 4.59. The van der Waals surface area contributed by atoms with Gasteiger partial charge < -0.3 is 15.8 Å². The number of nitrogens with zero attached hydrogens (tertiary/aromatic N) is 2. The number of carbonyl (C=O) groups is 1. The average Bonchev–Trinajstić information content (AvgIpc) is 2.81. The lowest BCUT2D eigenvalue weighted by Gasteiger charge is -2.46. The Labute approximate surface area is 202 Å². The number of hydrogen-bond acceptors (Lipinski definition) is 5. The Balaban J connectivity index is 1.62. The maximum atomic E-state index is 14.5. The molecule has 3 heterocycles. The maximum absolute atomic E-state index is 14.5. The number of amides is 1. The number of benzene rings is 1. The number of aliphatic imine (C=N–C) groups is 1. The Bertz CT molecular complexity index is 1160. The largest absolute Gasteiger partial charge is 0.374 e. The van der Waals surface area contributed by atoms with Crippen LogP contribution in [0, 0.1) is 28.8 Å². The fraction of sp³-hybridized carbons (Fsp3) is 0.423. The van der Waals surface area contributed by atoms with Crippen LogP contribution in [-0.2, 0) is 4.74 Å². The van der Waals surface area contributed by atoms with E-state index in [2.05, 4.69) is 29.1 Å². The van der Waals surface area contributed by atoms with E-state index in [1.54, 1.807) is 12.4 Å². The molecule has 6 nitrogen and oxygen atoms in total. The molecule has 0 spiro atoms. The van der Waals surface area contributed by atoms with Gasteiger partial charge in [0, 0.05) is 29.6 Å². The van der Waals surface area contributed by atoms with Crippen LogP contribution in [0.2, 0.25) is 0 Å². The zero-order valence-corrected chi connectivity index (χ0v) is 19.9. The van der Waals surface area contributed by atoms with Gasteiger partial charge in [0.1, 0.15) is 28.8 Å². The van der Waals surface area contributed by atoms with E-state index < -0.39 is 40.0 Å². The van der Waals surface area contributed by atoms with Crippen LogP contribution in [0.25, 0.3) is 11.3 Å². The van der Waals surface area contributed by atoms with Crippen molar-refractivity contribution in [3.05, 3.63) is 65.4 Å². The second-order valence-corrected chi connectivity index (χ2v) is 9.71. The Morgan fingerprint density at radius 1 is 1.14 bits per heavy atom. The highest BCUT2D eigenvalue weighted by atomic mass is 19.1. The molecule has 0 radical (unpaired) electrons. The minimum absolute atomic E-state index is 0.00613. The lowest BCUT2D eigenvalue weighted by Crippen LogP contribution is -2.52. The van der Waals surface area contributed by atoms with Gasteiger partial charge in [-0.1, -0.05) is 26.8 Å². The Morgan fingerprint density at radius 2 is 1.86 bits per heavy atom. The highest BCUT2D eigenvalue weighted by molar-refractivity contribution is 5.94. The first kappa shape index (κ1) is 25.1. The van der Waals surface area contributed by atoms with Crippen molar-refractivity contribution in [2.45, 2.75) is 58.3 Å². The number of nitrogens with one attached hydrogen (secondary N) is 1. The van der Waals surface area contributed by atoms with Gasteiger partial charge in [-0.3, -0.25) is 9.79 Å². The number of halogens is 3. The molecule has 1 aromatic heterocycles. The van der Waals surface area contributed by atoms with E-state index in [0.717, 1.165) is 24.6 Å². The second kappa shape index (κ2) is 9.91. The first-order valence-electron chi connectivity index (χ1n) is 11.7. The molecule has 3 N–H and O–H groups in total. The summed E-state index contributed by atoms with van der Waals surface area (Å²) >= 11 is 0. The molecule has 4 rings (SSSR count). The third-order valence-corrected chi connectivity index (χ3v) is 6.81. The van der Waals surface area contributed by atoms with Crippen molar-refractivity contribution in [1.29, 1.82) is 0 Å². The Hall–Kier alpha value is -3.04. The van der Waals surface area contributed by atoms with Gasteiger partial charge in [-0.05, 0) is 49.4 Å². The molecule has 9 heteroatoms. The smallest absolute Gasteiger partial charge is 0.274 e. The first-order valence-corrected chi connectivity index (χ1v) is 11.7. The van der Waals surface area contributed by atoms with Crippen LogP contribution in [0.1, 0.15) is 50.5 Å². The molecule has 0 saturated carbocycles. The summed E-state index contributed by atoms with van der Waals surface area (Å²) in [4.78, 5) is 21.3. The summed E-state index contributed by atoms with van der Waals surface area (Å²) in [6, 6.07) is 5.27. The van der Waals surface area contributed by atoms with Crippen LogP contribution >= 0.6 is 0 Å². The average molecular weight is 487 g/mol. The normalized spacial score (nSPS) is 26.5. The predicted octanol–water partition coefficient (Wildman–Crippen LogP) is 4.75. The summed E-state index contributed by atoms with van der Waals surface area (Å²) in [6.45, 7) is 6.14. The standard InChI is InChI=1S/C26H29F3N4O2/c1-14(2)20-11-15(30)12-22(35-20)26(3)9-10-31-13-21(26)33-25(34)19-8-7-18(29)24(32-19)23-16(27)5-4-6-17(23)28/h4-8,10,13-15,20,22H,9,11-12,30H2,1-3H3,(H,33,34). The summed E-state index contributed by atoms with van der Waals surface area (Å²) in [7, 11) is 0. The van der Waals surface area contributed by atoms with E-state index in [4.69, 9.17) is 10.5 Å². The quantitative estimate of drug-likeness (QED) is 0.638. The number of nitrogens with two attached hydrogens (primary N) is 1. The third kappa shape index (κ3) is 5.01. The van der Waals surface area contributed by atoms with Gasteiger partial charge in [0.2, 0.25) is 0 Å². The number of hydrogen-bond donors (Lipinski definition) is 2. The summed E-state index contributed by atoms with van der Waals surface area (Å²) in [6.07, 6.45) is 4.94. The lowest BCUT2D eigenvalue weighted by atomic mass is 9.73. The molecule has 2 aliphatic rings. The molecule has 0 aliphatic carbocycles. The molecule has 2 aromatic rings. The summed E-state index contributed by atoms with van der Waals surface area (Å²) < 4.78 is 49.4. The first-order chi connectivity index (χ1) is 16.6. The number of ether oxygens (including phenoxy) is 1. The third-order valence-electron chi connectivity index (χ3n) is 6.81. The summed E-state index contributed by atoms with van der Waals surface area (Å²) in [5.74, 6) is -3.26. The Kier molecular flexibility index (Phi) is 7.10. The minimum atomic E-state index is -0.976. The summed E-state index contributed by atoms with van der Waals surface area (Å²) in [5.41, 5.74) is 4.83. The molecular weight excluding hydrogens is 457 g/mol. The number of pyridine rings is 1. The van der Waals surface area contributed by atoms with E-state index in [-0.39, 0.29) is 29.9 Å². The van der Waals surface area contributed by atoms with Crippen LogP contribution in [-0.4, -0.2) is 35.4 Å². The van der Waals surface area contributed by atoms with Crippen LogP contribution in [0.3, 0.4) is 0 Å². The zero-order chi connectivity index (χ0) is 25.3. The van der Waals surface area contributed by atoms with Gasteiger partial charge in [-0.2, -0.15) is 0 Å². The topological polar surface area (TPSA) is 89.6 Å². The molecule has 0 bridgehead atoms. The van der Waals surface area contributed by atoms with Crippen molar-refractivity contribution in [1.82, 2.24) is 10.3 Å². The van der Waals surface area contributed by atoms with E-state index in [9.17, 15) is 18.0 Å². The zero-order valence-electron chi connectivity index (χ0n) is 19.9. The maximum Gasteiger partial charge on any atom is 0.274 e. The molecular formula is C26H29F3N4O2. The van der Waals surface area contributed by atoms with Crippen molar-refractivity contribution in [3.63, 3.8) is 0 Å². The van der Waals surface area contributed by atoms with Crippen molar-refractivity contribution >= 4 is 12.1 Å². The van der Waals surface area contributed by atoms with E-state index in [1.165, 1.54) is 12.1 Å². The van der Waals surface area contributed by atoms with Crippen molar-refractivity contribution in [2.24, 2.45) is 22.1 Å². The molecule has 1 saturated heterocycles. The van der Waals surface area contributed by atoms with Gasteiger partial charge in [-0.15, -0.1) is 0 Å². The van der Waals surface area contributed by atoms with Gasteiger partial charge >= 0.3 is 0 Å². The monoisotopic (exact) mass is 486 g/mol. The molecule has 1 amide bonds. The van der Waals surface area contributed by atoms with Crippen molar-refractivity contribution in [2.75, 3.05) is 0 Å². The van der Waals surface area contributed by atoms with Crippen LogP contribution in [0.15, 0.2) is 47.2 Å². The van der Waals surface area contributed by atoms with E-state index in [1.807, 2.05) is 6.92 Å². The van der Waals surface area contributed by atoms with Gasteiger partial charge in [0.25, 0.3) is 5.91 Å². The molecule has 1 fully saturated rings. The van der Waals surface area contributed by atoms with Gasteiger partial charge in [0.15, 0.2) is 0 Å². The number of rotatable bonds is 5. The molecule has 4 atom stereocenters. The Morgan fingerprint density at radius 3 is 2.54 bits per heavy atom. The van der Waals surface area contributed by atoms with Crippen molar-refractivity contribution in [3.8, 4) is 11.3 Å². The van der Waals surface area contributed by atoms with Crippen molar-refractivity contribution < 1.29 is 22.7 Å². The van der Waals surface area contributed by atoms with Crippen LogP contribution in [0.5, 0.6) is 0 Å². The van der Waals surface area contributed by atoms with Gasteiger partial charge in [0.05, 0.1) is 17.8 Å². The highest BCUT2D eigenvalue weighted by Gasteiger charge is 2.44. The number of carbonyl (C=O) groups excluding carboxylic acids is 1. The van der Waals surface area contributed by atoms with Gasteiger partial charge in [-0.25, -0.2) is 18.2 Å². The molecule has 186 valence electrons. The molecule has 35 heavy (non-hydrogen) atoms. The predicted molar refractivity (Wildman–Crippen MR) is 127 cm³/mol. The lowest BCUT2D eigenvalue weighted by molar-refractivity contribution is -0.118. The van der Waals surface area contributed by atoms with Crippen LogP contribution < -0.4 is 11.1 Å². The van der Waals surface area contributed by atoms with Crippen LogP contribution in [0.4, 0.5) is 13.2 Å². The molecule has 2 aliphatic heterocycles. The summed E-state index contributed by atoms with van der Waals surface area (Å²) in [5, 5.41) is 2.82. The number of aromatic nitrogens is 1. The van der Waals surface area contributed by atoms with E-state index >= 15 is 0 Å². The SMILES string of the molecule is CC(C)C1CC(N)CC(C2(C)CC=NC=C2NC(=O)c2ccc(F)c(-c3c(F)cccc3F)n2)O1. The highest BCUT2D eigenvalue weighted by Crippen LogP contribution is 2.42. The minimum Gasteiger partial charge on any atom is -0.374 e.